The van der Waals surface area contributed by atoms with E-state index in [1.165, 1.54) is 12.0 Å². The molecule has 1 aromatic rings. The lowest BCUT2D eigenvalue weighted by Crippen LogP contribution is -2.37. The molecule has 1 rings (SSSR count). The van der Waals surface area contributed by atoms with Crippen LogP contribution >= 0.6 is 11.3 Å². The first-order valence-electron chi connectivity index (χ1n) is 5.55. The van der Waals surface area contributed by atoms with E-state index < -0.39 is 0 Å². The first-order chi connectivity index (χ1) is 7.08. The van der Waals surface area contributed by atoms with Crippen LogP contribution < -0.4 is 10.6 Å². The van der Waals surface area contributed by atoms with E-state index in [0.29, 0.717) is 0 Å². The van der Waals surface area contributed by atoms with E-state index in [2.05, 4.69) is 48.2 Å². The highest BCUT2D eigenvalue weighted by Crippen LogP contribution is 2.04. The quantitative estimate of drug-likeness (QED) is 0.729. The predicted octanol–water partition coefficient (Wildman–Crippen LogP) is 2.62. The van der Waals surface area contributed by atoms with Gasteiger partial charge < -0.3 is 10.6 Å². The minimum atomic E-state index is 0.243. The van der Waals surface area contributed by atoms with Crippen molar-refractivity contribution in [3.8, 4) is 0 Å². The number of hydrogen-bond donors (Lipinski definition) is 2. The lowest BCUT2D eigenvalue weighted by molar-refractivity contribution is 0.418. The minimum absolute atomic E-state index is 0.243. The molecule has 0 saturated heterocycles. The summed E-state index contributed by atoms with van der Waals surface area (Å²) in [6, 6.07) is 2.17. The number of rotatable bonds is 6. The fraction of sp³-hybridized carbons (Fsp3) is 0.667. The zero-order valence-corrected chi connectivity index (χ0v) is 10.8. The predicted molar refractivity (Wildman–Crippen MR) is 68.4 cm³/mol. The maximum absolute atomic E-state index is 3.48. The Kier molecular flexibility index (Phi) is 5.29. The average Bonchev–Trinajstić information content (AvgIpc) is 2.61. The molecule has 15 heavy (non-hydrogen) atoms. The maximum Gasteiger partial charge on any atom is 0.0213 e. The normalized spacial score (nSPS) is 11.9. The van der Waals surface area contributed by atoms with Crippen LogP contribution in [0.15, 0.2) is 16.8 Å². The van der Waals surface area contributed by atoms with E-state index in [4.69, 9.17) is 0 Å². The van der Waals surface area contributed by atoms with Crippen LogP contribution in [0.4, 0.5) is 0 Å². The molecule has 2 N–H and O–H groups in total. The van der Waals surface area contributed by atoms with Gasteiger partial charge in [0.05, 0.1) is 0 Å². The summed E-state index contributed by atoms with van der Waals surface area (Å²) < 4.78 is 0. The second kappa shape index (κ2) is 6.26. The molecule has 86 valence electrons. The minimum Gasteiger partial charge on any atom is -0.313 e. The molecule has 0 aromatic carbocycles. The highest BCUT2D eigenvalue weighted by atomic mass is 32.1. The van der Waals surface area contributed by atoms with Gasteiger partial charge in [-0.1, -0.05) is 0 Å². The zero-order valence-electron chi connectivity index (χ0n) is 9.97. The Balaban J connectivity index is 1.94. The van der Waals surface area contributed by atoms with Crippen LogP contribution in [0.5, 0.6) is 0 Å². The molecular formula is C12H22N2S. The van der Waals surface area contributed by atoms with E-state index in [0.717, 1.165) is 19.6 Å². The fourth-order valence-electron chi connectivity index (χ4n) is 1.30. The van der Waals surface area contributed by atoms with Crippen LogP contribution in [-0.4, -0.2) is 18.6 Å². The third-order valence-corrected chi connectivity index (χ3v) is 2.83. The molecule has 3 heteroatoms. The average molecular weight is 226 g/mol. The molecule has 0 spiro atoms. The van der Waals surface area contributed by atoms with Crippen LogP contribution in [0.2, 0.25) is 0 Å². The zero-order chi connectivity index (χ0) is 11.1. The van der Waals surface area contributed by atoms with Gasteiger partial charge in [0.15, 0.2) is 0 Å². The Hall–Kier alpha value is -0.380. The van der Waals surface area contributed by atoms with Crippen molar-refractivity contribution in [3.05, 3.63) is 22.4 Å². The molecule has 0 fully saturated rings. The summed E-state index contributed by atoms with van der Waals surface area (Å²) in [5.74, 6) is 0. The fourth-order valence-corrected chi connectivity index (χ4v) is 1.97. The Morgan fingerprint density at radius 3 is 2.67 bits per heavy atom. The summed E-state index contributed by atoms with van der Waals surface area (Å²) in [6.07, 6.45) is 1.18. The Bertz CT molecular complexity index is 249. The second-order valence-corrected chi connectivity index (χ2v) is 5.62. The van der Waals surface area contributed by atoms with E-state index in [1.54, 1.807) is 11.3 Å². The smallest absolute Gasteiger partial charge is 0.0213 e. The van der Waals surface area contributed by atoms with Crippen molar-refractivity contribution in [3.63, 3.8) is 0 Å². The summed E-state index contributed by atoms with van der Waals surface area (Å²) in [5, 5.41) is 11.2. The molecule has 0 aliphatic rings. The Morgan fingerprint density at radius 1 is 1.27 bits per heavy atom. The van der Waals surface area contributed by atoms with Gasteiger partial charge in [0, 0.05) is 12.1 Å². The van der Waals surface area contributed by atoms with Gasteiger partial charge in [0.1, 0.15) is 0 Å². The van der Waals surface area contributed by atoms with Crippen molar-refractivity contribution in [2.45, 2.75) is 39.3 Å². The van der Waals surface area contributed by atoms with Crippen LogP contribution in [0, 0.1) is 0 Å². The molecule has 0 unspecified atom stereocenters. The highest BCUT2D eigenvalue weighted by Gasteiger charge is 2.06. The number of hydrogen-bond acceptors (Lipinski definition) is 3. The van der Waals surface area contributed by atoms with E-state index in [-0.39, 0.29) is 5.54 Å². The molecule has 1 heterocycles. The third-order valence-electron chi connectivity index (χ3n) is 2.09. The van der Waals surface area contributed by atoms with Gasteiger partial charge >= 0.3 is 0 Å². The van der Waals surface area contributed by atoms with Crippen LogP contribution in [0.3, 0.4) is 0 Å². The molecule has 0 aliphatic carbocycles. The van der Waals surface area contributed by atoms with Gasteiger partial charge in [0.2, 0.25) is 0 Å². The van der Waals surface area contributed by atoms with Crippen molar-refractivity contribution < 1.29 is 0 Å². The molecule has 0 atom stereocenters. The largest absolute Gasteiger partial charge is 0.313 e. The van der Waals surface area contributed by atoms with E-state index >= 15 is 0 Å². The monoisotopic (exact) mass is 226 g/mol. The van der Waals surface area contributed by atoms with Gasteiger partial charge in [-0.25, -0.2) is 0 Å². The molecule has 0 saturated carbocycles. The van der Waals surface area contributed by atoms with Crippen molar-refractivity contribution >= 4 is 11.3 Å². The first-order valence-corrected chi connectivity index (χ1v) is 6.49. The summed E-state index contributed by atoms with van der Waals surface area (Å²) in [5.41, 5.74) is 1.64. The highest BCUT2D eigenvalue weighted by molar-refractivity contribution is 7.07. The van der Waals surface area contributed by atoms with Gasteiger partial charge in [0.25, 0.3) is 0 Å². The molecule has 0 amide bonds. The lowest BCUT2D eigenvalue weighted by Gasteiger charge is -2.20. The molecule has 0 radical (unpaired) electrons. The summed E-state index contributed by atoms with van der Waals surface area (Å²) in [6.45, 7) is 9.77. The summed E-state index contributed by atoms with van der Waals surface area (Å²) in [4.78, 5) is 0. The maximum atomic E-state index is 3.48. The van der Waals surface area contributed by atoms with Crippen LogP contribution in [-0.2, 0) is 6.54 Å². The van der Waals surface area contributed by atoms with Crippen molar-refractivity contribution in [2.24, 2.45) is 0 Å². The van der Waals surface area contributed by atoms with Crippen molar-refractivity contribution in [1.29, 1.82) is 0 Å². The standard InChI is InChI=1S/C12H22N2S/c1-12(2,3)14-7-4-6-13-9-11-5-8-15-10-11/h5,8,10,13-14H,4,6-7,9H2,1-3H3. The van der Waals surface area contributed by atoms with E-state index in [1.807, 2.05) is 0 Å². The molecule has 1 aromatic heterocycles. The van der Waals surface area contributed by atoms with Crippen molar-refractivity contribution in [1.82, 2.24) is 10.6 Å². The Labute approximate surface area is 97.1 Å². The van der Waals surface area contributed by atoms with E-state index in [9.17, 15) is 0 Å². The van der Waals surface area contributed by atoms with Crippen LogP contribution in [0.1, 0.15) is 32.8 Å². The second-order valence-electron chi connectivity index (χ2n) is 4.84. The topological polar surface area (TPSA) is 24.1 Å². The number of thiophene rings is 1. The van der Waals surface area contributed by atoms with Gasteiger partial charge in [-0.05, 0) is 62.7 Å². The first kappa shape index (κ1) is 12.7. The SMILES string of the molecule is CC(C)(C)NCCCNCc1ccsc1. The number of nitrogens with one attached hydrogen (secondary N) is 2. The van der Waals surface area contributed by atoms with Gasteiger partial charge in [-0.3, -0.25) is 0 Å². The summed E-state index contributed by atoms with van der Waals surface area (Å²) >= 11 is 1.76. The molecule has 0 bridgehead atoms. The molecule has 2 nitrogen and oxygen atoms in total. The lowest BCUT2D eigenvalue weighted by atomic mass is 10.1. The van der Waals surface area contributed by atoms with Crippen molar-refractivity contribution in [2.75, 3.05) is 13.1 Å². The van der Waals surface area contributed by atoms with Crippen LogP contribution in [0.25, 0.3) is 0 Å². The third kappa shape index (κ3) is 6.66. The van der Waals surface area contributed by atoms with Gasteiger partial charge in [-0.2, -0.15) is 11.3 Å². The summed E-state index contributed by atoms with van der Waals surface area (Å²) in [7, 11) is 0. The Morgan fingerprint density at radius 2 is 2.07 bits per heavy atom. The molecule has 0 aliphatic heterocycles. The van der Waals surface area contributed by atoms with Gasteiger partial charge in [-0.15, -0.1) is 0 Å². The molecular weight excluding hydrogens is 204 g/mol.